The molecule has 0 radical (unpaired) electrons. The number of hydrogen-bond acceptors (Lipinski definition) is 4. The number of thioether (sulfide) groups is 1. The zero-order valence-electron chi connectivity index (χ0n) is 9.92. The second-order valence-corrected chi connectivity index (χ2v) is 4.81. The number of likely N-dealkylation sites (N-methyl/N-ethyl adjacent to an activating group) is 1. The van der Waals surface area contributed by atoms with Crippen LogP contribution in [0.2, 0.25) is 0 Å². The Morgan fingerprint density at radius 3 is 2.19 bits per heavy atom. The summed E-state index contributed by atoms with van der Waals surface area (Å²) < 4.78 is 0. The minimum absolute atomic E-state index is 0.0571. The summed E-state index contributed by atoms with van der Waals surface area (Å²) in [6.07, 6.45) is 1.36. The van der Waals surface area contributed by atoms with Gasteiger partial charge in [0.25, 0.3) is 0 Å². The second kappa shape index (κ2) is 6.25. The molecule has 0 aliphatic heterocycles. The molecule has 2 N–H and O–H groups in total. The monoisotopic (exact) mass is 241 g/mol. The molecule has 0 saturated carbocycles. The Kier molecular flexibility index (Phi) is 5.28. The van der Waals surface area contributed by atoms with Gasteiger partial charge < -0.3 is 15.1 Å². The molecular formula is C12H19NO2S. The molecule has 2 atom stereocenters. The third-order valence-electron chi connectivity index (χ3n) is 2.67. The highest BCUT2D eigenvalue weighted by molar-refractivity contribution is 7.98. The van der Waals surface area contributed by atoms with Gasteiger partial charge in [0.15, 0.2) is 0 Å². The topological polar surface area (TPSA) is 43.7 Å². The summed E-state index contributed by atoms with van der Waals surface area (Å²) in [5.74, 6) is 0. The van der Waals surface area contributed by atoms with Gasteiger partial charge in [0.05, 0.1) is 18.8 Å². The lowest BCUT2D eigenvalue weighted by molar-refractivity contribution is 0.0389. The van der Waals surface area contributed by atoms with E-state index >= 15 is 0 Å². The van der Waals surface area contributed by atoms with Crippen LogP contribution in [0.25, 0.3) is 0 Å². The van der Waals surface area contributed by atoms with Crippen LogP contribution in [0.5, 0.6) is 0 Å². The minimum Gasteiger partial charge on any atom is -0.395 e. The fraction of sp³-hybridized carbons (Fsp3) is 0.500. The summed E-state index contributed by atoms with van der Waals surface area (Å²) in [6, 6.07) is 7.51. The molecular weight excluding hydrogens is 222 g/mol. The second-order valence-electron chi connectivity index (χ2n) is 3.93. The van der Waals surface area contributed by atoms with Crippen molar-refractivity contribution in [2.45, 2.75) is 17.0 Å². The highest BCUT2D eigenvalue weighted by Gasteiger charge is 2.21. The Labute approximate surface area is 101 Å². The molecule has 1 aromatic rings. The first kappa shape index (κ1) is 13.5. The molecule has 0 heterocycles. The number of nitrogens with zero attached hydrogens (tertiary/aromatic N) is 1. The van der Waals surface area contributed by atoms with Gasteiger partial charge in [0.2, 0.25) is 0 Å². The van der Waals surface area contributed by atoms with Gasteiger partial charge in [-0.3, -0.25) is 0 Å². The quantitative estimate of drug-likeness (QED) is 0.764. The van der Waals surface area contributed by atoms with E-state index in [2.05, 4.69) is 0 Å². The molecule has 0 aromatic heterocycles. The van der Waals surface area contributed by atoms with E-state index in [0.717, 1.165) is 5.56 Å². The predicted octanol–water partition coefficient (Wildman–Crippen LogP) is 1.36. The first-order valence-electron chi connectivity index (χ1n) is 5.19. The highest BCUT2D eigenvalue weighted by Crippen LogP contribution is 2.22. The lowest BCUT2D eigenvalue weighted by atomic mass is 10.0. The van der Waals surface area contributed by atoms with Crippen molar-refractivity contribution < 1.29 is 10.2 Å². The summed E-state index contributed by atoms with van der Waals surface area (Å²) in [5.41, 5.74) is 0.838. The molecule has 2 unspecified atom stereocenters. The van der Waals surface area contributed by atoms with Crippen molar-refractivity contribution in [1.29, 1.82) is 0 Å². The molecule has 0 spiro atoms. The van der Waals surface area contributed by atoms with Gasteiger partial charge in [0, 0.05) is 4.90 Å². The molecule has 90 valence electrons. The van der Waals surface area contributed by atoms with Crippen molar-refractivity contribution in [3.05, 3.63) is 29.8 Å². The van der Waals surface area contributed by atoms with Gasteiger partial charge in [-0.1, -0.05) is 12.1 Å². The van der Waals surface area contributed by atoms with Crippen molar-refractivity contribution in [1.82, 2.24) is 4.90 Å². The van der Waals surface area contributed by atoms with E-state index in [-0.39, 0.29) is 12.6 Å². The van der Waals surface area contributed by atoms with E-state index in [4.69, 9.17) is 0 Å². The maximum absolute atomic E-state index is 10.1. The molecule has 3 nitrogen and oxygen atoms in total. The van der Waals surface area contributed by atoms with Crippen LogP contribution >= 0.6 is 11.8 Å². The lowest BCUT2D eigenvalue weighted by Crippen LogP contribution is -2.37. The number of aliphatic hydroxyl groups excluding tert-OH is 2. The first-order chi connectivity index (χ1) is 7.60. The first-order valence-corrected chi connectivity index (χ1v) is 6.42. The van der Waals surface area contributed by atoms with Crippen molar-refractivity contribution in [3.8, 4) is 0 Å². The molecule has 0 bridgehead atoms. The van der Waals surface area contributed by atoms with E-state index in [9.17, 15) is 10.2 Å². The minimum atomic E-state index is -0.657. The zero-order valence-corrected chi connectivity index (χ0v) is 10.7. The molecule has 16 heavy (non-hydrogen) atoms. The Balaban J connectivity index is 2.82. The summed E-state index contributed by atoms with van der Waals surface area (Å²) >= 11 is 1.67. The van der Waals surface area contributed by atoms with Crippen molar-refractivity contribution in [2.75, 3.05) is 27.0 Å². The fourth-order valence-electron chi connectivity index (χ4n) is 1.57. The average Bonchev–Trinajstić information content (AvgIpc) is 2.29. The SMILES string of the molecule is CSc1ccc(C(O)C(CO)N(C)C)cc1. The molecule has 0 fully saturated rings. The third-order valence-corrected chi connectivity index (χ3v) is 3.42. The number of hydrogen-bond donors (Lipinski definition) is 2. The Morgan fingerprint density at radius 2 is 1.81 bits per heavy atom. The van der Waals surface area contributed by atoms with Crippen LogP contribution in [0, 0.1) is 0 Å². The van der Waals surface area contributed by atoms with Gasteiger partial charge in [-0.05, 0) is 38.0 Å². The number of rotatable bonds is 5. The van der Waals surface area contributed by atoms with Gasteiger partial charge in [0.1, 0.15) is 0 Å². The Morgan fingerprint density at radius 1 is 1.25 bits per heavy atom. The summed E-state index contributed by atoms with van der Waals surface area (Å²) in [7, 11) is 3.70. The Hall–Kier alpha value is -0.550. The van der Waals surface area contributed by atoms with E-state index in [1.165, 1.54) is 4.90 Å². The van der Waals surface area contributed by atoms with E-state index in [1.807, 2.05) is 49.5 Å². The Bertz CT molecular complexity index is 313. The summed E-state index contributed by atoms with van der Waals surface area (Å²) in [4.78, 5) is 2.99. The maximum atomic E-state index is 10.1. The number of aliphatic hydroxyl groups is 2. The summed E-state index contributed by atoms with van der Waals surface area (Å²) in [6.45, 7) is -0.0571. The van der Waals surface area contributed by atoms with Crippen LogP contribution in [0.1, 0.15) is 11.7 Å². The van der Waals surface area contributed by atoms with E-state index < -0.39 is 6.10 Å². The molecule has 0 aliphatic carbocycles. The largest absolute Gasteiger partial charge is 0.395 e. The predicted molar refractivity (Wildman–Crippen MR) is 67.7 cm³/mol. The van der Waals surface area contributed by atoms with Crippen molar-refractivity contribution >= 4 is 11.8 Å². The number of benzene rings is 1. The average molecular weight is 241 g/mol. The molecule has 1 aromatic carbocycles. The van der Waals surface area contributed by atoms with Crippen molar-refractivity contribution in [2.24, 2.45) is 0 Å². The van der Waals surface area contributed by atoms with Crippen LogP contribution in [0.3, 0.4) is 0 Å². The summed E-state index contributed by atoms with van der Waals surface area (Å²) in [5, 5.41) is 19.3. The fourth-order valence-corrected chi connectivity index (χ4v) is 1.98. The molecule has 1 rings (SSSR count). The standard InChI is InChI=1S/C12H19NO2S/c1-13(2)11(8-14)12(15)9-4-6-10(16-3)7-5-9/h4-7,11-12,14-15H,8H2,1-3H3. The van der Waals surface area contributed by atoms with Gasteiger partial charge in [-0.15, -0.1) is 11.8 Å². The molecule has 0 amide bonds. The van der Waals surface area contributed by atoms with Gasteiger partial charge >= 0.3 is 0 Å². The molecule has 0 saturated heterocycles. The van der Waals surface area contributed by atoms with Crippen LogP contribution in [-0.4, -0.2) is 48.1 Å². The molecule has 0 aliphatic rings. The maximum Gasteiger partial charge on any atom is 0.0967 e. The molecule has 4 heteroatoms. The van der Waals surface area contributed by atoms with Gasteiger partial charge in [-0.2, -0.15) is 0 Å². The van der Waals surface area contributed by atoms with Crippen LogP contribution < -0.4 is 0 Å². The van der Waals surface area contributed by atoms with Gasteiger partial charge in [-0.25, -0.2) is 0 Å². The zero-order chi connectivity index (χ0) is 12.1. The van der Waals surface area contributed by atoms with Crippen molar-refractivity contribution in [3.63, 3.8) is 0 Å². The van der Waals surface area contributed by atoms with Crippen LogP contribution in [0.15, 0.2) is 29.2 Å². The smallest absolute Gasteiger partial charge is 0.0967 e. The van der Waals surface area contributed by atoms with Crippen LogP contribution in [-0.2, 0) is 0 Å². The van der Waals surface area contributed by atoms with Crippen LogP contribution in [0.4, 0.5) is 0 Å². The highest BCUT2D eigenvalue weighted by atomic mass is 32.2. The third kappa shape index (κ3) is 3.22. The van der Waals surface area contributed by atoms with E-state index in [0.29, 0.717) is 0 Å². The normalized spacial score (nSPS) is 15.1. The lowest BCUT2D eigenvalue weighted by Gasteiger charge is -2.27. The van der Waals surface area contributed by atoms with E-state index in [1.54, 1.807) is 11.8 Å².